The fraction of sp³-hybridized carbons (Fsp3) is 0.444. The Hall–Kier alpha value is -7.08. The summed E-state index contributed by atoms with van der Waals surface area (Å²) in [4.78, 5) is 117. The van der Waals surface area contributed by atoms with Crippen LogP contribution in [0.5, 0.6) is 0 Å². The Balaban J connectivity index is 0.0000122. The molecule has 1 aliphatic rings. The molecule has 2 aromatic carbocycles. The Morgan fingerprint density at radius 2 is 1.37 bits per heavy atom. The largest absolute Gasteiger partial charge is 0.481 e. The topological polar surface area (TPSA) is 281 Å². The van der Waals surface area contributed by atoms with Crippen LogP contribution >= 0.6 is 0 Å². The minimum absolute atomic E-state index is 0. The summed E-state index contributed by atoms with van der Waals surface area (Å²) in [5.41, 5.74) is 4.47. The van der Waals surface area contributed by atoms with Gasteiger partial charge in [-0.2, -0.15) is 0 Å². The number of nitrogens with zero attached hydrogens (tertiary/aromatic N) is 4. The van der Waals surface area contributed by atoms with Gasteiger partial charge in [0.1, 0.15) is 24.2 Å². The number of carboxylic acid groups (broad SMARTS) is 2. The fourth-order valence-corrected chi connectivity index (χ4v) is 8.54. The second kappa shape index (κ2) is 31.6. The van der Waals surface area contributed by atoms with Gasteiger partial charge < -0.3 is 47.0 Å². The quantitative estimate of drug-likeness (QED) is 0.0326. The van der Waals surface area contributed by atoms with Gasteiger partial charge in [0.15, 0.2) is 0 Å². The monoisotopic (exact) mass is 1210 g/mol. The van der Waals surface area contributed by atoms with Crippen molar-refractivity contribution in [1.29, 1.82) is 0 Å². The molecule has 4 aromatic rings. The van der Waals surface area contributed by atoms with Crippen molar-refractivity contribution in [3.8, 4) is 0 Å². The van der Waals surface area contributed by atoms with Gasteiger partial charge in [-0.1, -0.05) is 62.7 Å². The zero-order valence-corrected chi connectivity index (χ0v) is 45.5. The van der Waals surface area contributed by atoms with E-state index in [4.69, 9.17) is 0 Å². The molecule has 0 aliphatic carbocycles. The molecule has 0 bridgehead atoms. The van der Waals surface area contributed by atoms with Gasteiger partial charge in [-0.05, 0) is 118 Å². The molecule has 1 saturated heterocycles. The van der Waals surface area contributed by atoms with Crippen LogP contribution in [0.25, 0.3) is 0 Å². The van der Waals surface area contributed by atoms with Crippen molar-refractivity contribution in [3.63, 3.8) is 0 Å². The summed E-state index contributed by atoms with van der Waals surface area (Å²) in [7, 11) is 0. The molecule has 8 N–H and O–H groups in total. The normalized spacial score (nSPS) is 14.1. The van der Waals surface area contributed by atoms with Crippen LogP contribution in [-0.2, 0) is 73.5 Å². The maximum Gasteiger partial charge on any atom is 0.326 e. The number of carbonyl (C=O) groups excluding carboxylic acids is 6. The van der Waals surface area contributed by atoms with Crippen LogP contribution < -0.4 is 31.9 Å². The number of para-hydroxylation sites is 1. The Kier molecular flexibility index (Phi) is 25.5. The second-order valence-electron chi connectivity index (χ2n) is 18.8. The number of aromatic nitrogens is 2. The molecule has 1 radical (unpaired) electrons. The number of urea groups is 1. The molecule has 20 nitrogen and oxygen atoms in total. The number of unbranched alkanes of at least 4 members (excludes halogenated alkanes) is 3. The molecule has 403 valence electrons. The number of carbonyl (C=O) groups is 8. The first kappa shape index (κ1) is 60.5. The molecule has 75 heavy (non-hydrogen) atoms. The summed E-state index contributed by atoms with van der Waals surface area (Å²) in [6.45, 7) is 7.76. The van der Waals surface area contributed by atoms with Gasteiger partial charge in [0.05, 0.1) is 24.2 Å². The summed E-state index contributed by atoms with van der Waals surface area (Å²) in [5.74, 6) is -6.27. The number of hydrogen-bond donors (Lipinski definition) is 8. The summed E-state index contributed by atoms with van der Waals surface area (Å²) < 4.78 is 0. The van der Waals surface area contributed by atoms with E-state index in [1.165, 1.54) is 4.90 Å². The van der Waals surface area contributed by atoms with E-state index >= 15 is 0 Å². The van der Waals surface area contributed by atoms with Gasteiger partial charge in [-0.25, -0.2) is 9.59 Å². The van der Waals surface area contributed by atoms with Crippen molar-refractivity contribution in [2.75, 3.05) is 30.3 Å². The van der Waals surface area contributed by atoms with Gasteiger partial charge in [-0.3, -0.25) is 43.6 Å². The molecule has 7 amide bonds. The Morgan fingerprint density at radius 3 is 1.99 bits per heavy atom. The summed E-state index contributed by atoms with van der Waals surface area (Å²) in [6.07, 6.45) is 6.75. The van der Waals surface area contributed by atoms with Crippen LogP contribution in [0.3, 0.4) is 0 Å². The van der Waals surface area contributed by atoms with Crippen LogP contribution in [0.1, 0.15) is 101 Å². The van der Waals surface area contributed by atoms with Crippen molar-refractivity contribution in [3.05, 3.63) is 120 Å². The van der Waals surface area contributed by atoms with Crippen molar-refractivity contribution in [2.45, 2.75) is 129 Å². The van der Waals surface area contributed by atoms with Gasteiger partial charge in [0.25, 0.3) is 0 Å². The van der Waals surface area contributed by atoms with E-state index < -0.39 is 78.1 Å². The standard InChI is InChI=1S/C54H70N10O10.Re/c1-36(2)49(52(71)64-31-15-21-45(64)53(72)73)62-51(70)44(33-48(67)68)60-50(69)43(59-47(66)32-38-23-25-39(26-24-38)58-54(74)61-42-19-7-6-16-37(42)3)20-10-13-29-57-46(65)22-5-4-14-30-63(34-40-17-8-11-27-55-40)35-41-18-9-12-28-56-41;/h6-9,11-12,16-19,23-28,36,43-45,49H,4-5,10,13-15,20-22,29-35H2,1-3H3,(H,57,65)(H,59,66)(H,60,69)(H,62,70)(H,67,68)(H,72,73)(H2,58,61,74);/t43-,44-,45-,49-;/m0./s1. The number of rotatable bonds is 29. The number of benzene rings is 2. The van der Waals surface area contributed by atoms with E-state index in [2.05, 4.69) is 46.8 Å². The first-order valence-electron chi connectivity index (χ1n) is 25.2. The van der Waals surface area contributed by atoms with E-state index in [1.807, 2.05) is 55.5 Å². The number of aliphatic carboxylic acids is 2. The number of aryl methyl sites for hydroxylation is 1. The van der Waals surface area contributed by atoms with E-state index in [1.54, 1.807) is 62.6 Å². The van der Waals surface area contributed by atoms with E-state index in [0.717, 1.165) is 36.3 Å². The smallest absolute Gasteiger partial charge is 0.326 e. The van der Waals surface area contributed by atoms with Crippen molar-refractivity contribution >= 4 is 58.9 Å². The number of amides is 7. The maximum atomic E-state index is 14.0. The minimum atomic E-state index is -1.67. The average molecular weight is 1210 g/mol. The third-order valence-electron chi connectivity index (χ3n) is 12.5. The SMILES string of the molecule is Cc1ccccc1NC(=O)Nc1ccc(CC(=O)N[C@@H](CCCCNC(=O)CCCCCN(Cc2ccccn2)Cc2ccccn2)C(=O)N[C@@H](CC(=O)O)C(=O)N[C@H](C(=O)N2CCC[C@H]2C(=O)O)C(C)C)cc1.[Re]. The Labute approximate surface area is 451 Å². The molecule has 4 atom stereocenters. The zero-order chi connectivity index (χ0) is 53.4. The predicted octanol–water partition coefficient (Wildman–Crippen LogP) is 5.18. The summed E-state index contributed by atoms with van der Waals surface area (Å²) >= 11 is 0. The molecule has 0 spiro atoms. The van der Waals surface area contributed by atoms with Crippen LogP contribution in [0.4, 0.5) is 16.2 Å². The first-order valence-corrected chi connectivity index (χ1v) is 25.2. The summed E-state index contributed by atoms with van der Waals surface area (Å²) in [5, 5.41) is 35.7. The second-order valence-corrected chi connectivity index (χ2v) is 18.8. The molecule has 1 aliphatic heterocycles. The molecular formula is C54H70N10O10Re. The molecule has 5 rings (SSSR count). The van der Waals surface area contributed by atoms with Gasteiger partial charge in [-0.15, -0.1) is 0 Å². The van der Waals surface area contributed by atoms with Gasteiger partial charge >= 0.3 is 18.0 Å². The van der Waals surface area contributed by atoms with Crippen LogP contribution in [0, 0.1) is 12.8 Å². The molecule has 2 aromatic heterocycles. The Bertz CT molecular complexity index is 2460. The van der Waals surface area contributed by atoms with Crippen LogP contribution in [-0.4, -0.2) is 121 Å². The molecular weight excluding hydrogens is 1130 g/mol. The van der Waals surface area contributed by atoms with Gasteiger partial charge in [0, 0.05) is 76.8 Å². The molecule has 21 heteroatoms. The van der Waals surface area contributed by atoms with Crippen LogP contribution in [0.2, 0.25) is 0 Å². The van der Waals surface area contributed by atoms with Gasteiger partial charge in [0.2, 0.25) is 29.5 Å². The third kappa shape index (κ3) is 21.0. The molecule has 0 unspecified atom stereocenters. The van der Waals surface area contributed by atoms with E-state index in [-0.39, 0.29) is 52.1 Å². The average Bonchev–Trinajstić information content (AvgIpc) is 3.87. The first-order chi connectivity index (χ1) is 35.6. The number of nitrogens with one attached hydrogen (secondary N) is 6. The van der Waals surface area contributed by atoms with Crippen LogP contribution in [0.15, 0.2) is 97.3 Å². The van der Waals surface area contributed by atoms with Crippen molar-refractivity contribution < 1.29 is 69.0 Å². The molecule has 3 heterocycles. The van der Waals surface area contributed by atoms with E-state index in [9.17, 15) is 48.6 Å². The summed E-state index contributed by atoms with van der Waals surface area (Å²) in [6, 6.07) is 19.9. The van der Waals surface area contributed by atoms with Crippen molar-refractivity contribution in [2.24, 2.45) is 5.92 Å². The maximum absolute atomic E-state index is 14.0. The third-order valence-corrected chi connectivity index (χ3v) is 12.5. The molecule has 1 fully saturated rings. The number of hydrogen-bond acceptors (Lipinski definition) is 11. The number of carboxylic acids is 2. The number of likely N-dealkylation sites (tertiary alicyclic amines) is 1. The van der Waals surface area contributed by atoms with E-state index in [0.29, 0.717) is 68.7 Å². The number of anilines is 2. The minimum Gasteiger partial charge on any atom is -0.481 e. The predicted molar refractivity (Wildman–Crippen MR) is 277 cm³/mol. The zero-order valence-electron chi connectivity index (χ0n) is 42.8. The van der Waals surface area contributed by atoms with Crippen molar-refractivity contribution in [1.82, 2.24) is 41.0 Å². The number of pyridine rings is 2. The Morgan fingerprint density at radius 1 is 0.720 bits per heavy atom. The molecule has 0 saturated carbocycles. The fourth-order valence-electron chi connectivity index (χ4n) is 8.54.